The summed E-state index contributed by atoms with van der Waals surface area (Å²) in [5.74, 6) is 0.224. The lowest BCUT2D eigenvalue weighted by Crippen LogP contribution is -2.57. The Bertz CT molecular complexity index is 1090. The average molecular weight is 500 g/mol. The van der Waals surface area contributed by atoms with Crippen LogP contribution in [-0.2, 0) is 10.0 Å². The summed E-state index contributed by atoms with van der Waals surface area (Å²) in [5.41, 5.74) is 1.99. The summed E-state index contributed by atoms with van der Waals surface area (Å²) >= 11 is 0. The number of hydrogen-bond acceptors (Lipinski definition) is 5. The Morgan fingerprint density at radius 2 is 1.63 bits per heavy atom. The largest absolute Gasteiger partial charge is 0.508 e. The number of phenols is 1. The highest BCUT2D eigenvalue weighted by molar-refractivity contribution is 7.89. The SMILES string of the molecule is C=CCN1C[C@H](C)N([C@H](c2ccc(S(=O)(=O)N(C(C)C)C(C)C)cc2)c2cccc(O)c2)C[C@H]1C. The number of rotatable bonds is 9. The van der Waals surface area contributed by atoms with Gasteiger partial charge >= 0.3 is 0 Å². The Morgan fingerprint density at radius 1 is 1.00 bits per heavy atom. The molecule has 3 atom stereocenters. The zero-order valence-electron chi connectivity index (χ0n) is 21.9. The van der Waals surface area contributed by atoms with E-state index in [1.807, 2.05) is 64.1 Å². The molecule has 1 aliphatic heterocycles. The molecule has 0 radical (unpaired) electrons. The quantitative estimate of drug-likeness (QED) is 0.499. The van der Waals surface area contributed by atoms with Crippen LogP contribution in [0.3, 0.4) is 0 Å². The van der Waals surface area contributed by atoms with Gasteiger partial charge in [0.1, 0.15) is 5.75 Å². The van der Waals surface area contributed by atoms with Gasteiger partial charge < -0.3 is 5.11 Å². The monoisotopic (exact) mass is 499 g/mol. The Labute approximate surface area is 211 Å². The molecular formula is C28H41N3O3S. The minimum Gasteiger partial charge on any atom is -0.508 e. The summed E-state index contributed by atoms with van der Waals surface area (Å²) in [5, 5.41) is 10.2. The van der Waals surface area contributed by atoms with Crippen LogP contribution >= 0.6 is 0 Å². The molecule has 0 aliphatic carbocycles. The molecule has 1 aliphatic rings. The van der Waals surface area contributed by atoms with Crippen LogP contribution in [0.2, 0.25) is 0 Å². The van der Waals surface area contributed by atoms with Gasteiger partial charge in [-0.1, -0.05) is 30.3 Å². The van der Waals surface area contributed by atoms with Gasteiger partial charge in [-0.05, 0) is 76.9 Å². The van der Waals surface area contributed by atoms with E-state index in [1.54, 1.807) is 22.5 Å². The zero-order valence-corrected chi connectivity index (χ0v) is 22.7. The number of nitrogens with zero attached hydrogens (tertiary/aromatic N) is 3. The minimum atomic E-state index is -3.61. The molecule has 0 spiro atoms. The second-order valence-electron chi connectivity index (χ2n) is 10.2. The number of benzene rings is 2. The molecule has 3 rings (SSSR count). The molecule has 1 fully saturated rings. The Morgan fingerprint density at radius 3 is 2.17 bits per heavy atom. The van der Waals surface area contributed by atoms with Crippen LogP contribution in [0.15, 0.2) is 66.1 Å². The first kappa shape index (κ1) is 27.4. The highest BCUT2D eigenvalue weighted by Gasteiger charge is 2.35. The molecule has 0 saturated carbocycles. The van der Waals surface area contributed by atoms with Crippen molar-refractivity contribution in [2.45, 2.75) is 76.6 Å². The zero-order chi connectivity index (χ0) is 25.9. The second kappa shape index (κ2) is 11.2. The van der Waals surface area contributed by atoms with Gasteiger partial charge in [-0.2, -0.15) is 4.31 Å². The van der Waals surface area contributed by atoms with Crippen molar-refractivity contribution >= 4 is 10.0 Å². The van der Waals surface area contributed by atoms with Gasteiger partial charge in [0, 0.05) is 43.8 Å². The van der Waals surface area contributed by atoms with Crippen molar-refractivity contribution in [1.29, 1.82) is 0 Å². The van der Waals surface area contributed by atoms with Crippen LogP contribution < -0.4 is 0 Å². The van der Waals surface area contributed by atoms with Gasteiger partial charge in [0.25, 0.3) is 0 Å². The highest BCUT2D eigenvalue weighted by Crippen LogP contribution is 2.35. The third kappa shape index (κ3) is 5.97. The van der Waals surface area contributed by atoms with Crippen molar-refractivity contribution in [3.8, 4) is 5.75 Å². The van der Waals surface area contributed by atoms with Gasteiger partial charge in [-0.25, -0.2) is 8.42 Å². The van der Waals surface area contributed by atoms with Gasteiger partial charge in [0.2, 0.25) is 10.0 Å². The van der Waals surface area contributed by atoms with Crippen LogP contribution in [0.4, 0.5) is 0 Å². The molecule has 0 unspecified atom stereocenters. The molecule has 0 bridgehead atoms. The molecule has 35 heavy (non-hydrogen) atoms. The summed E-state index contributed by atoms with van der Waals surface area (Å²) in [4.78, 5) is 5.18. The maximum atomic E-state index is 13.4. The maximum Gasteiger partial charge on any atom is 0.243 e. The molecule has 6 nitrogen and oxygen atoms in total. The first-order valence-electron chi connectivity index (χ1n) is 12.5. The fourth-order valence-corrected chi connectivity index (χ4v) is 7.20. The van der Waals surface area contributed by atoms with Gasteiger partial charge in [0.15, 0.2) is 0 Å². The maximum absolute atomic E-state index is 13.4. The molecule has 1 heterocycles. The lowest BCUT2D eigenvalue weighted by atomic mass is 9.93. The van der Waals surface area contributed by atoms with E-state index in [-0.39, 0.29) is 29.9 Å². The summed E-state index contributed by atoms with van der Waals surface area (Å²) < 4.78 is 28.3. The van der Waals surface area contributed by atoms with Gasteiger partial charge in [-0.15, -0.1) is 6.58 Å². The number of phenolic OH excluding ortho intramolecular Hbond substituents is 1. The van der Waals surface area contributed by atoms with Crippen LogP contribution in [0.1, 0.15) is 58.7 Å². The summed E-state index contributed by atoms with van der Waals surface area (Å²) in [6.07, 6.45) is 1.95. The number of piperazine rings is 1. The van der Waals surface area contributed by atoms with Crippen LogP contribution in [0, 0.1) is 0 Å². The molecule has 0 amide bonds. The van der Waals surface area contributed by atoms with E-state index in [9.17, 15) is 13.5 Å². The minimum absolute atomic E-state index is 0.103. The normalized spacial score (nSPS) is 21.1. The first-order valence-corrected chi connectivity index (χ1v) is 13.9. The second-order valence-corrected chi connectivity index (χ2v) is 12.1. The fraction of sp³-hybridized carbons (Fsp3) is 0.500. The van der Waals surface area contributed by atoms with E-state index in [4.69, 9.17) is 0 Å². The number of hydrogen-bond donors (Lipinski definition) is 1. The summed E-state index contributed by atoms with van der Waals surface area (Å²) in [6, 6.07) is 14.9. The van der Waals surface area contributed by atoms with Crippen LogP contribution in [0.25, 0.3) is 0 Å². The number of aromatic hydroxyl groups is 1. The highest BCUT2D eigenvalue weighted by atomic mass is 32.2. The van der Waals surface area contributed by atoms with Crippen LogP contribution in [0.5, 0.6) is 5.75 Å². The lowest BCUT2D eigenvalue weighted by molar-refractivity contribution is 0.0306. The molecular weight excluding hydrogens is 458 g/mol. The Hall–Kier alpha value is -2.19. The topological polar surface area (TPSA) is 64.1 Å². The van der Waals surface area contributed by atoms with E-state index in [2.05, 4.69) is 30.2 Å². The number of sulfonamides is 1. The van der Waals surface area contributed by atoms with Crippen molar-refractivity contribution in [3.63, 3.8) is 0 Å². The van der Waals surface area contributed by atoms with Crippen LogP contribution in [-0.4, -0.2) is 71.4 Å². The molecule has 0 aromatic heterocycles. The van der Waals surface area contributed by atoms with E-state index >= 15 is 0 Å². The van der Waals surface area contributed by atoms with Crippen molar-refractivity contribution in [1.82, 2.24) is 14.1 Å². The van der Waals surface area contributed by atoms with E-state index in [0.29, 0.717) is 10.9 Å². The third-order valence-electron chi connectivity index (χ3n) is 6.83. The van der Waals surface area contributed by atoms with Gasteiger partial charge in [-0.3, -0.25) is 9.80 Å². The molecule has 1 saturated heterocycles. The lowest BCUT2D eigenvalue weighted by Gasteiger charge is -2.47. The third-order valence-corrected chi connectivity index (χ3v) is 9.10. The molecule has 2 aromatic carbocycles. The molecule has 1 N–H and O–H groups in total. The predicted molar refractivity (Wildman–Crippen MR) is 143 cm³/mol. The molecule has 192 valence electrons. The standard InChI is InChI=1S/C28H41N3O3S/c1-8-16-29-18-23(7)30(19-22(29)6)28(25-10-9-11-26(32)17-25)24-12-14-27(15-13-24)35(33,34)31(20(2)3)21(4)5/h8-15,17,20-23,28,32H,1,16,18-19H2,2-7H3/t22-,23+,28-/m1/s1. The first-order chi connectivity index (χ1) is 16.5. The van der Waals surface area contributed by atoms with Gasteiger partial charge in [0.05, 0.1) is 10.9 Å². The summed E-state index contributed by atoms with van der Waals surface area (Å²) in [6.45, 7) is 18.6. The Balaban J connectivity index is 2.02. The Kier molecular flexibility index (Phi) is 8.81. The van der Waals surface area contributed by atoms with Crippen molar-refractivity contribution in [2.75, 3.05) is 19.6 Å². The predicted octanol–water partition coefficient (Wildman–Crippen LogP) is 4.87. The summed E-state index contributed by atoms with van der Waals surface area (Å²) in [7, 11) is -3.61. The molecule has 2 aromatic rings. The fourth-order valence-electron chi connectivity index (χ4n) is 5.37. The van der Waals surface area contributed by atoms with Crippen molar-refractivity contribution < 1.29 is 13.5 Å². The molecule has 7 heteroatoms. The van der Waals surface area contributed by atoms with Crippen molar-refractivity contribution in [2.24, 2.45) is 0 Å². The average Bonchev–Trinajstić information content (AvgIpc) is 2.77. The van der Waals surface area contributed by atoms with E-state index in [0.717, 1.165) is 30.8 Å². The van der Waals surface area contributed by atoms with E-state index < -0.39 is 10.0 Å². The van der Waals surface area contributed by atoms with Crippen molar-refractivity contribution in [3.05, 3.63) is 72.3 Å². The smallest absolute Gasteiger partial charge is 0.243 e. The van der Waals surface area contributed by atoms with E-state index in [1.165, 1.54) is 0 Å².